The van der Waals surface area contributed by atoms with E-state index in [-0.39, 0.29) is 5.91 Å². The van der Waals surface area contributed by atoms with Gasteiger partial charge in [0.25, 0.3) is 0 Å². The molecule has 6 heteroatoms. The van der Waals surface area contributed by atoms with Crippen molar-refractivity contribution in [3.63, 3.8) is 0 Å². The summed E-state index contributed by atoms with van der Waals surface area (Å²) in [6.45, 7) is 6.65. The first-order valence-electron chi connectivity index (χ1n) is 6.82. The first kappa shape index (κ1) is 18.3. The highest BCUT2D eigenvalue weighted by molar-refractivity contribution is 5.75. The first-order chi connectivity index (χ1) is 9.31. The van der Waals surface area contributed by atoms with E-state index in [0.29, 0.717) is 52.7 Å². The molecule has 0 atom stereocenters. The van der Waals surface area contributed by atoms with Gasteiger partial charge in [-0.05, 0) is 6.42 Å². The maximum atomic E-state index is 10.9. The summed E-state index contributed by atoms with van der Waals surface area (Å²) in [7, 11) is 1.61. The predicted octanol–water partition coefficient (Wildman–Crippen LogP) is 0.599. The number of ether oxygens (including phenoxy) is 4. The van der Waals surface area contributed by atoms with Crippen molar-refractivity contribution in [2.75, 3.05) is 59.9 Å². The summed E-state index contributed by atoms with van der Waals surface area (Å²) in [5.41, 5.74) is 0. The van der Waals surface area contributed by atoms with Crippen LogP contribution in [0.1, 0.15) is 19.8 Å². The van der Waals surface area contributed by atoms with E-state index >= 15 is 0 Å². The summed E-state index contributed by atoms with van der Waals surface area (Å²) < 4.78 is 21.1. The largest absolute Gasteiger partial charge is 0.379 e. The third kappa shape index (κ3) is 15.3. The van der Waals surface area contributed by atoms with Gasteiger partial charge in [-0.3, -0.25) is 4.79 Å². The number of carbonyl (C=O) groups is 1. The van der Waals surface area contributed by atoms with Gasteiger partial charge in [0.2, 0.25) is 5.91 Å². The highest BCUT2D eigenvalue weighted by atomic mass is 16.6. The van der Waals surface area contributed by atoms with Crippen LogP contribution in [0.4, 0.5) is 0 Å². The van der Waals surface area contributed by atoms with Crippen LogP contribution in [0.5, 0.6) is 0 Å². The molecule has 0 heterocycles. The summed E-state index contributed by atoms with van der Waals surface area (Å²) in [4.78, 5) is 10.9. The molecule has 6 nitrogen and oxygen atoms in total. The Kier molecular flexibility index (Phi) is 14.8. The minimum absolute atomic E-state index is 0.0142. The van der Waals surface area contributed by atoms with Gasteiger partial charge in [0.15, 0.2) is 0 Å². The summed E-state index contributed by atoms with van der Waals surface area (Å²) in [5.74, 6) is -0.0142. The molecule has 0 spiro atoms. The van der Waals surface area contributed by atoms with Gasteiger partial charge < -0.3 is 24.3 Å². The molecule has 0 saturated carbocycles. The van der Waals surface area contributed by atoms with Crippen LogP contribution < -0.4 is 5.32 Å². The fourth-order valence-electron chi connectivity index (χ4n) is 1.20. The van der Waals surface area contributed by atoms with Gasteiger partial charge in [0.05, 0.1) is 46.2 Å². The molecule has 0 bridgehead atoms. The van der Waals surface area contributed by atoms with Crippen molar-refractivity contribution >= 4 is 5.91 Å². The number of amides is 1. The lowest BCUT2D eigenvalue weighted by atomic mass is 10.4. The van der Waals surface area contributed by atoms with Crippen LogP contribution >= 0.6 is 0 Å². The van der Waals surface area contributed by atoms with Crippen LogP contribution in [0.25, 0.3) is 0 Å². The van der Waals surface area contributed by atoms with E-state index in [4.69, 9.17) is 18.9 Å². The zero-order valence-electron chi connectivity index (χ0n) is 12.1. The van der Waals surface area contributed by atoms with Crippen molar-refractivity contribution in [2.24, 2.45) is 0 Å². The Morgan fingerprint density at radius 2 is 1.21 bits per heavy atom. The molecular formula is C13H27NO5. The minimum atomic E-state index is -0.0142. The van der Waals surface area contributed by atoms with Gasteiger partial charge in [-0.2, -0.15) is 0 Å². The van der Waals surface area contributed by atoms with Crippen LogP contribution in [0.3, 0.4) is 0 Å². The average molecular weight is 277 g/mol. The molecule has 19 heavy (non-hydrogen) atoms. The lowest BCUT2D eigenvalue weighted by Crippen LogP contribution is -2.20. The third-order valence-corrected chi connectivity index (χ3v) is 2.22. The molecule has 0 aliphatic rings. The van der Waals surface area contributed by atoms with Crippen LogP contribution in [0.15, 0.2) is 0 Å². The number of nitrogens with one attached hydrogen (secondary N) is 1. The lowest BCUT2D eigenvalue weighted by Gasteiger charge is -2.07. The number of rotatable bonds is 14. The second-order valence-electron chi connectivity index (χ2n) is 3.87. The molecule has 0 saturated heterocycles. The Bertz CT molecular complexity index is 201. The van der Waals surface area contributed by atoms with Gasteiger partial charge in [-0.15, -0.1) is 0 Å². The molecule has 0 aliphatic heterocycles. The molecule has 114 valence electrons. The van der Waals surface area contributed by atoms with E-state index < -0.39 is 0 Å². The van der Waals surface area contributed by atoms with Crippen molar-refractivity contribution < 1.29 is 23.7 Å². The second kappa shape index (κ2) is 15.4. The highest BCUT2D eigenvalue weighted by Gasteiger charge is 1.97. The Labute approximate surface area is 115 Å². The SMILES string of the molecule is CCCOCCOCCOCCOCCC(=O)NC. The summed E-state index contributed by atoms with van der Waals surface area (Å²) in [6, 6.07) is 0. The molecule has 1 N–H and O–H groups in total. The van der Waals surface area contributed by atoms with Gasteiger partial charge >= 0.3 is 0 Å². The molecule has 0 radical (unpaired) electrons. The van der Waals surface area contributed by atoms with Crippen molar-refractivity contribution in [1.82, 2.24) is 5.32 Å². The van der Waals surface area contributed by atoms with E-state index in [1.807, 2.05) is 0 Å². The average Bonchev–Trinajstić information content (AvgIpc) is 2.43. The molecule has 0 aromatic carbocycles. The standard InChI is InChI=1S/C13H27NO5/c1-3-5-16-7-9-18-11-12-19-10-8-17-6-4-13(15)14-2/h3-12H2,1-2H3,(H,14,15). The van der Waals surface area contributed by atoms with E-state index in [1.165, 1.54) is 0 Å². The van der Waals surface area contributed by atoms with Crippen LogP contribution in [0.2, 0.25) is 0 Å². The molecule has 0 unspecified atom stereocenters. The summed E-state index contributed by atoms with van der Waals surface area (Å²) in [6.07, 6.45) is 1.42. The zero-order chi connectivity index (χ0) is 14.2. The van der Waals surface area contributed by atoms with Crippen molar-refractivity contribution in [3.05, 3.63) is 0 Å². The van der Waals surface area contributed by atoms with E-state index in [2.05, 4.69) is 12.2 Å². The van der Waals surface area contributed by atoms with Gasteiger partial charge in [0, 0.05) is 20.1 Å². The smallest absolute Gasteiger partial charge is 0.222 e. The van der Waals surface area contributed by atoms with Gasteiger partial charge in [0.1, 0.15) is 0 Å². The highest BCUT2D eigenvalue weighted by Crippen LogP contribution is 1.85. The molecular weight excluding hydrogens is 250 g/mol. The number of carbonyl (C=O) groups excluding carboxylic acids is 1. The fraction of sp³-hybridized carbons (Fsp3) is 0.923. The molecule has 0 aromatic heterocycles. The van der Waals surface area contributed by atoms with Crippen LogP contribution in [-0.2, 0) is 23.7 Å². The predicted molar refractivity (Wildman–Crippen MR) is 72.3 cm³/mol. The number of hydrogen-bond acceptors (Lipinski definition) is 5. The molecule has 1 amide bonds. The van der Waals surface area contributed by atoms with E-state index in [0.717, 1.165) is 13.0 Å². The fourth-order valence-corrected chi connectivity index (χ4v) is 1.20. The third-order valence-electron chi connectivity index (χ3n) is 2.22. The number of hydrogen-bond donors (Lipinski definition) is 1. The molecule has 0 fully saturated rings. The Morgan fingerprint density at radius 3 is 1.63 bits per heavy atom. The van der Waals surface area contributed by atoms with Crippen molar-refractivity contribution in [3.8, 4) is 0 Å². The topological polar surface area (TPSA) is 66.0 Å². The lowest BCUT2D eigenvalue weighted by molar-refractivity contribution is -0.121. The molecule has 0 rings (SSSR count). The van der Waals surface area contributed by atoms with Crippen LogP contribution in [-0.4, -0.2) is 65.8 Å². The van der Waals surface area contributed by atoms with E-state index in [1.54, 1.807) is 7.05 Å². The van der Waals surface area contributed by atoms with Gasteiger partial charge in [-0.1, -0.05) is 6.92 Å². The Balaban J connectivity index is 2.97. The monoisotopic (exact) mass is 277 g/mol. The normalized spacial score (nSPS) is 10.6. The maximum Gasteiger partial charge on any atom is 0.222 e. The summed E-state index contributed by atoms with van der Waals surface area (Å²) in [5, 5.41) is 2.53. The Hall–Kier alpha value is -0.690. The second-order valence-corrected chi connectivity index (χ2v) is 3.87. The van der Waals surface area contributed by atoms with Gasteiger partial charge in [-0.25, -0.2) is 0 Å². The van der Waals surface area contributed by atoms with Crippen LogP contribution in [0, 0.1) is 0 Å². The molecule has 0 aliphatic carbocycles. The van der Waals surface area contributed by atoms with Crippen molar-refractivity contribution in [2.45, 2.75) is 19.8 Å². The minimum Gasteiger partial charge on any atom is -0.379 e. The Morgan fingerprint density at radius 1 is 0.789 bits per heavy atom. The first-order valence-corrected chi connectivity index (χ1v) is 6.82. The quantitative estimate of drug-likeness (QED) is 0.471. The summed E-state index contributed by atoms with van der Waals surface area (Å²) >= 11 is 0. The maximum absolute atomic E-state index is 10.9. The zero-order valence-corrected chi connectivity index (χ0v) is 12.1. The van der Waals surface area contributed by atoms with E-state index in [9.17, 15) is 4.79 Å². The molecule has 0 aromatic rings. The van der Waals surface area contributed by atoms with Crippen molar-refractivity contribution in [1.29, 1.82) is 0 Å².